The number of halogens is 2. The number of pyridine rings is 2. The number of nitrogens with zero attached hydrogens (tertiary/aromatic N) is 3. The maximum Gasteiger partial charge on any atom is 0.354 e. The van der Waals surface area contributed by atoms with Crippen molar-refractivity contribution in [3.05, 3.63) is 75.4 Å². The first-order valence-electron chi connectivity index (χ1n) is 15.6. The molecule has 4 fully saturated rings. The summed E-state index contributed by atoms with van der Waals surface area (Å²) in [5, 5.41) is 16.4. The van der Waals surface area contributed by atoms with Crippen LogP contribution in [0.3, 0.4) is 0 Å². The van der Waals surface area contributed by atoms with Crippen LogP contribution in [-0.2, 0) is 11.3 Å². The Labute approximate surface area is 271 Å². The fourth-order valence-corrected chi connectivity index (χ4v) is 7.41. The lowest BCUT2D eigenvalue weighted by Gasteiger charge is -2.52. The number of fused-ring (bicyclic) bond motifs is 4. The fourth-order valence-electron chi connectivity index (χ4n) is 6.87. The third kappa shape index (κ3) is 5.96. The number of allylic oxidation sites excluding steroid dienone is 1. The molecule has 0 spiro atoms. The molecule has 8 nitrogen and oxygen atoms in total. The van der Waals surface area contributed by atoms with Gasteiger partial charge in [-0.2, -0.15) is 0 Å². The molecular weight excluding hydrogens is 613 g/mol. The zero-order valence-corrected chi connectivity index (χ0v) is 26.8. The van der Waals surface area contributed by atoms with E-state index in [2.05, 4.69) is 27.3 Å². The summed E-state index contributed by atoms with van der Waals surface area (Å²) < 4.78 is 18.6. The largest absolute Gasteiger partial charge is 0.477 e. The molecule has 4 aromatic rings. The summed E-state index contributed by atoms with van der Waals surface area (Å²) in [7, 11) is 0. The molecule has 0 atom stereocenters. The highest BCUT2D eigenvalue weighted by molar-refractivity contribution is 6.38. The van der Waals surface area contributed by atoms with Crippen LogP contribution in [0.1, 0.15) is 98.5 Å². The van der Waals surface area contributed by atoms with Crippen molar-refractivity contribution in [2.24, 2.45) is 5.41 Å². The predicted octanol–water partition coefficient (Wildman–Crippen LogP) is 9.28. The van der Waals surface area contributed by atoms with E-state index >= 15 is 0 Å². The van der Waals surface area contributed by atoms with Crippen molar-refractivity contribution in [3.8, 4) is 17.1 Å². The second kappa shape index (κ2) is 11.7. The quantitative estimate of drug-likeness (QED) is 0.181. The maximum atomic E-state index is 11.6. The maximum absolute atomic E-state index is 11.6. The highest BCUT2D eigenvalue weighted by Crippen LogP contribution is 2.55. The highest BCUT2D eigenvalue weighted by atomic mass is 35.5. The smallest absolute Gasteiger partial charge is 0.354 e. The van der Waals surface area contributed by atoms with Crippen LogP contribution >= 0.6 is 23.2 Å². The van der Waals surface area contributed by atoms with Crippen molar-refractivity contribution in [2.45, 2.75) is 89.4 Å². The Bertz CT molecular complexity index is 1770. The first-order chi connectivity index (χ1) is 21.6. The van der Waals surface area contributed by atoms with Crippen LogP contribution in [0, 0.1) is 5.41 Å². The number of carbonyl (C=O) groups is 1. The summed E-state index contributed by atoms with van der Waals surface area (Å²) in [4.78, 5) is 20.0. The Hall–Kier alpha value is -3.46. The Balaban J connectivity index is 1.07. The first-order valence-corrected chi connectivity index (χ1v) is 16.4. The Morgan fingerprint density at radius 1 is 1.09 bits per heavy atom. The van der Waals surface area contributed by atoms with E-state index in [1.807, 2.05) is 32.0 Å². The van der Waals surface area contributed by atoms with Gasteiger partial charge in [0.05, 0.1) is 28.4 Å². The molecule has 3 heterocycles. The van der Waals surface area contributed by atoms with Crippen LogP contribution in [0.25, 0.3) is 28.1 Å². The summed E-state index contributed by atoms with van der Waals surface area (Å²) in [6, 6.07) is 7.59. The van der Waals surface area contributed by atoms with E-state index in [0.717, 1.165) is 79.0 Å². The average molecular weight is 649 g/mol. The molecule has 4 saturated carbocycles. The van der Waals surface area contributed by atoms with Gasteiger partial charge in [0, 0.05) is 34.8 Å². The lowest BCUT2D eigenvalue weighted by atomic mass is 9.58. The van der Waals surface area contributed by atoms with Gasteiger partial charge < -0.3 is 19.1 Å². The highest BCUT2D eigenvalue weighted by Gasteiger charge is 2.48. The number of benzene rings is 1. The summed E-state index contributed by atoms with van der Waals surface area (Å²) >= 11 is 13.0. The van der Waals surface area contributed by atoms with Crippen molar-refractivity contribution in [1.29, 1.82) is 0 Å². The molecule has 0 amide bonds. The standard InChI is InChI=1S/C35H35Cl2N3O5/c1-20(2)44-32-24-15-21(3-4-23(24)16-28(39-32)33(41)42)7-8-34-9-12-35(13-10-34,14-11-34)43-19-25-30(40-45-31(25)22-5-6-22)29-26(36)17-38-18-27(29)37/h3-4,7-8,15-18,20,22H,5-6,9-14,19H2,1-2H3,(H,41,42)/b8-7+. The molecule has 10 heteroatoms. The van der Waals surface area contributed by atoms with Gasteiger partial charge in [-0.1, -0.05) is 52.6 Å². The summed E-state index contributed by atoms with van der Waals surface area (Å²) in [6.45, 7) is 4.23. The average Bonchev–Trinajstić information content (AvgIpc) is 3.79. The third-order valence-electron chi connectivity index (χ3n) is 9.63. The molecule has 1 N–H and O–H groups in total. The molecule has 234 valence electrons. The van der Waals surface area contributed by atoms with E-state index in [0.29, 0.717) is 39.7 Å². The lowest BCUT2D eigenvalue weighted by molar-refractivity contribution is -0.133. The molecule has 0 saturated heterocycles. The van der Waals surface area contributed by atoms with Gasteiger partial charge >= 0.3 is 5.97 Å². The van der Waals surface area contributed by atoms with Gasteiger partial charge in [-0.3, -0.25) is 4.98 Å². The van der Waals surface area contributed by atoms with Gasteiger partial charge in [-0.25, -0.2) is 9.78 Å². The zero-order valence-electron chi connectivity index (χ0n) is 25.3. The number of aromatic nitrogens is 3. The minimum Gasteiger partial charge on any atom is -0.477 e. The van der Waals surface area contributed by atoms with Crippen molar-refractivity contribution >= 4 is 46.0 Å². The molecule has 0 radical (unpaired) electrons. The fraction of sp³-hybridized carbons (Fsp3) is 0.429. The van der Waals surface area contributed by atoms with Gasteiger partial charge in [0.1, 0.15) is 11.5 Å². The minimum absolute atomic E-state index is 0.0237. The van der Waals surface area contributed by atoms with E-state index in [1.165, 1.54) is 0 Å². The summed E-state index contributed by atoms with van der Waals surface area (Å²) in [6.07, 6.45) is 15.9. The minimum atomic E-state index is -1.07. The van der Waals surface area contributed by atoms with E-state index in [-0.39, 0.29) is 22.8 Å². The molecule has 4 aliphatic carbocycles. The summed E-state index contributed by atoms with van der Waals surface area (Å²) in [5.74, 6) is 0.534. The van der Waals surface area contributed by atoms with Crippen LogP contribution < -0.4 is 4.74 Å². The van der Waals surface area contributed by atoms with Gasteiger partial charge in [0.2, 0.25) is 5.88 Å². The molecule has 1 aromatic carbocycles. The van der Waals surface area contributed by atoms with Crippen LogP contribution in [0.2, 0.25) is 10.0 Å². The third-order valence-corrected chi connectivity index (χ3v) is 10.2. The van der Waals surface area contributed by atoms with Gasteiger partial charge in [-0.15, -0.1) is 0 Å². The monoisotopic (exact) mass is 647 g/mol. The van der Waals surface area contributed by atoms with E-state index in [1.54, 1.807) is 18.5 Å². The first kappa shape index (κ1) is 30.2. The number of rotatable bonds is 10. The SMILES string of the molecule is CC(C)Oc1nc(C(=O)O)cc2ccc(/C=C/C34CCC(OCc5c(-c6c(Cl)cncc6Cl)noc5C5CC5)(CC3)CC4)cc12. The summed E-state index contributed by atoms with van der Waals surface area (Å²) in [5.41, 5.74) is 3.22. The molecule has 0 aliphatic heterocycles. The molecule has 3 aromatic heterocycles. The Morgan fingerprint density at radius 3 is 2.44 bits per heavy atom. The normalized spacial score (nSPS) is 23.0. The molecule has 8 rings (SSSR count). The van der Waals surface area contributed by atoms with Crippen molar-refractivity contribution in [1.82, 2.24) is 15.1 Å². The van der Waals surface area contributed by atoms with Crippen LogP contribution in [-0.4, -0.2) is 37.9 Å². The number of carboxylic acid groups (broad SMARTS) is 1. The second-order valence-corrected chi connectivity index (χ2v) is 13.9. The van der Waals surface area contributed by atoms with E-state index < -0.39 is 5.97 Å². The predicted molar refractivity (Wildman–Crippen MR) is 173 cm³/mol. The van der Waals surface area contributed by atoms with Crippen LogP contribution in [0.4, 0.5) is 0 Å². The topological polar surface area (TPSA) is 108 Å². The van der Waals surface area contributed by atoms with Crippen molar-refractivity contribution in [2.75, 3.05) is 0 Å². The zero-order chi connectivity index (χ0) is 31.3. The molecule has 0 unspecified atom stereocenters. The second-order valence-electron chi connectivity index (χ2n) is 13.1. The van der Waals surface area contributed by atoms with E-state index in [4.69, 9.17) is 37.2 Å². The number of carboxylic acids is 1. The van der Waals surface area contributed by atoms with Crippen LogP contribution in [0.15, 0.2) is 47.3 Å². The van der Waals surface area contributed by atoms with Crippen LogP contribution in [0.5, 0.6) is 5.88 Å². The number of ether oxygens (including phenoxy) is 2. The number of hydrogen-bond acceptors (Lipinski definition) is 7. The van der Waals surface area contributed by atoms with Gasteiger partial charge in [0.25, 0.3) is 0 Å². The van der Waals surface area contributed by atoms with Crippen molar-refractivity contribution in [3.63, 3.8) is 0 Å². The lowest BCUT2D eigenvalue weighted by Crippen LogP contribution is -2.46. The number of hydrogen-bond donors (Lipinski definition) is 1. The number of aromatic carboxylic acids is 1. The molecule has 45 heavy (non-hydrogen) atoms. The van der Waals surface area contributed by atoms with Gasteiger partial charge in [0.15, 0.2) is 5.69 Å². The Morgan fingerprint density at radius 2 is 1.80 bits per heavy atom. The Kier molecular flexibility index (Phi) is 7.87. The molecule has 2 bridgehead atoms. The van der Waals surface area contributed by atoms with E-state index in [9.17, 15) is 9.90 Å². The molecular formula is C35H35Cl2N3O5. The molecule has 4 aliphatic rings. The van der Waals surface area contributed by atoms with Crippen molar-refractivity contribution < 1.29 is 23.9 Å². The van der Waals surface area contributed by atoms with Gasteiger partial charge in [-0.05, 0) is 93.7 Å².